The van der Waals surface area contributed by atoms with Crippen molar-refractivity contribution in [2.45, 2.75) is 30.4 Å². The Bertz CT molecular complexity index is 804. The molecule has 3 rings (SSSR count). The number of hydrogen-bond donors (Lipinski definition) is 1. The Labute approximate surface area is 138 Å². The third kappa shape index (κ3) is 3.22. The summed E-state index contributed by atoms with van der Waals surface area (Å²) in [5.41, 5.74) is 3.40. The molecule has 0 spiro atoms. The minimum atomic E-state index is -0.437. The van der Waals surface area contributed by atoms with E-state index in [4.69, 9.17) is 0 Å². The largest absolute Gasteiger partial charge is 0.325 e. The van der Waals surface area contributed by atoms with E-state index >= 15 is 0 Å². The van der Waals surface area contributed by atoms with Crippen LogP contribution in [-0.2, 0) is 11.2 Å². The molecule has 1 aliphatic rings. The monoisotopic (exact) mass is 328 g/mol. The van der Waals surface area contributed by atoms with Gasteiger partial charge < -0.3 is 5.32 Å². The average Bonchev–Trinajstić information content (AvgIpc) is 2.92. The number of anilines is 1. The number of carbonyl (C=O) groups excluding carboxylic acids is 1. The third-order valence-corrected chi connectivity index (χ3v) is 5.16. The van der Waals surface area contributed by atoms with Gasteiger partial charge in [-0.3, -0.25) is 14.9 Å². The number of nitrogens with zero attached hydrogens (tertiary/aromatic N) is 1. The Morgan fingerprint density at radius 1 is 1.26 bits per heavy atom. The lowest BCUT2D eigenvalue weighted by Crippen LogP contribution is -2.24. The molecule has 0 saturated heterocycles. The number of aryl methyl sites for hydroxylation is 2. The molecule has 0 saturated carbocycles. The number of fused-ring (bicyclic) bond motifs is 1. The van der Waals surface area contributed by atoms with Crippen molar-refractivity contribution in [1.82, 2.24) is 0 Å². The lowest BCUT2D eigenvalue weighted by Gasteiger charge is -2.10. The van der Waals surface area contributed by atoms with Gasteiger partial charge in [-0.15, -0.1) is 11.8 Å². The highest BCUT2D eigenvalue weighted by atomic mass is 32.2. The van der Waals surface area contributed by atoms with Crippen LogP contribution >= 0.6 is 11.8 Å². The number of amides is 1. The third-order valence-electron chi connectivity index (χ3n) is 3.86. The molecule has 1 heterocycles. The van der Waals surface area contributed by atoms with Crippen LogP contribution in [0.1, 0.15) is 16.7 Å². The molecule has 0 radical (unpaired) electrons. The van der Waals surface area contributed by atoms with E-state index in [1.807, 2.05) is 13.0 Å². The zero-order valence-electron chi connectivity index (χ0n) is 12.8. The van der Waals surface area contributed by atoms with Gasteiger partial charge >= 0.3 is 0 Å². The van der Waals surface area contributed by atoms with E-state index < -0.39 is 4.92 Å². The Morgan fingerprint density at radius 2 is 2.04 bits per heavy atom. The van der Waals surface area contributed by atoms with Crippen LogP contribution in [-0.4, -0.2) is 16.1 Å². The lowest BCUT2D eigenvalue weighted by atomic mass is 10.1. The number of benzene rings is 2. The van der Waals surface area contributed by atoms with Gasteiger partial charge in [-0.05, 0) is 38.0 Å². The molecule has 5 nitrogen and oxygen atoms in total. The topological polar surface area (TPSA) is 72.2 Å². The Hall–Kier alpha value is -2.34. The minimum absolute atomic E-state index is 0.0146. The summed E-state index contributed by atoms with van der Waals surface area (Å²) in [4.78, 5) is 24.1. The maximum absolute atomic E-state index is 12.4. The molecule has 118 valence electrons. The van der Waals surface area contributed by atoms with Crippen LogP contribution in [0.2, 0.25) is 0 Å². The van der Waals surface area contributed by atoms with Crippen LogP contribution < -0.4 is 5.32 Å². The summed E-state index contributed by atoms with van der Waals surface area (Å²) in [6, 6.07) is 10.9. The molecule has 1 aliphatic heterocycles. The fourth-order valence-electron chi connectivity index (χ4n) is 2.59. The van der Waals surface area contributed by atoms with Crippen molar-refractivity contribution in [2.75, 3.05) is 5.32 Å². The van der Waals surface area contributed by atoms with Crippen molar-refractivity contribution < 1.29 is 9.72 Å². The summed E-state index contributed by atoms with van der Waals surface area (Å²) >= 11 is 1.55. The van der Waals surface area contributed by atoms with Gasteiger partial charge in [0, 0.05) is 22.2 Å². The molecule has 0 unspecified atom stereocenters. The van der Waals surface area contributed by atoms with Crippen molar-refractivity contribution >= 4 is 29.0 Å². The molecule has 1 amide bonds. The molecular weight excluding hydrogens is 312 g/mol. The average molecular weight is 328 g/mol. The molecule has 0 bridgehead atoms. The van der Waals surface area contributed by atoms with Gasteiger partial charge in [-0.25, -0.2) is 0 Å². The van der Waals surface area contributed by atoms with Crippen molar-refractivity contribution in [3.63, 3.8) is 0 Å². The molecule has 2 aromatic carbocycles. The molecular formula is C17H16N2O3S. The zero-order chi connectivity index (χ0) is 16.6. The summed E-state index contributed by atoms with van der Waals surface area (Å²) in [5.74, 6) is -0.123. The summed E-state index contributed by atoms with van der Waals surface area (Å²) in [6.45, 7) is 3.70. The van der Waals surface area contributed by atoms with Gasteiger partial charge in [-0.1, -0.05) is 23.8 Å². The van der Waals surface area contributed by atoms with Crippen molar-refractivity contribution in [3.8, 4) is 0 Å². The molecule has 6 heteroatoms. The molecule has 0 aliphatic carbocycles. The lowest BCUT2D eigenvalue weighted by molar-refractivity contribution is -0.385. The molecule has 1 N–H and O–H groups in total. The van der Waals surface area contributed by atoms with E-state index in [-0.39, 0.29) is 16.8 Å². The summed E-state index contributed by atoms with van der Waals surface area (Å²) in [5, 5.41) is 13.6. The number of nitro benzene ring substituents is 1. The maximum atomic E-state index is 12.4. The fourth-order valence-corrected chi connectivity index (χ4v) is 3.88. The molecule has 0 fully saturated rings. The minimum Gasteiger partial charge on any atom is -0.325 e. The van der Waals surface area contributed by atoms with E-state index in [0.717, 1.165) is 4.90 Å². The summed E-state index contributed by atoms with van der Waals surface area (Å²) < 4.78 is 0. The smallest absolute Gasteiger partial charge is 0.274 e. The standard InChI is InChI=1S/C17H16N2O3S/c1-10-3-5-12-8-16(23-15(12)7-10)17(20)18-13-6-4-11(2)14(9-13)19(21)22/h3-7,9,16H,8H2,1-2H3,(H,18,20)/t16-/m1/s1. The van der Waals surface area contributed by atoms with Gasteiger partial charge in [-0.2, -0.15) is 0 Å². The number of rotatable bonds is 3. The highest BCUT2D eigenvalue weighted by Gasteiger charge is 2.28. The first-order chi connectivity index (χ1) is 10.9. The number of thioether (sulfide) groups is 1. The highest BCUT2D eigenvalue weighted by molar-refractivity contribution is 8.01. The predicted octanol–water partition coefficient (Wildman–Crippen LogP) is 3.87. The second-order valence-electron chi connectivity index (χ2n) is 5.67. The molecule has 23 heavy (non-hydrogen) atoms. The van der Waals surface area contributed by atoms with Gasteiger partial charge in [0.15, 0.2) is 0 Å². The van der Waals surface area contributed by atoms with Crippen molar-refractivity contribution in [3.05, 3.63) is 63.2 Å². The van der Waals surface area contributed by atoms with Gasteiger partial charge in [0.1, 0.15) is 0 Å². The van der Waals surface area contributed by atoms with E-state index in [9.17, 15) is 14.9 Å². The van der Waals surface area contributed by atoms with Crippen LogP contribution in [0, 0.1) is 24.0 Å². The van der Waals surface area contributed by atoms with Gasteiger partial charge in [0.05, 0.1) is 10.2 Å². The van der Waals surface area contributed by atoms with Crippen molar-refractivity contribution in [2.24, 2.45) is 0 Å². The van der Waals surface area contributed by atoms with E-state index in [2.05, 4.69) is 17.4 Å². The Balaban J connectivity index is 1.74. The first-order valence-corrected chi connectivity index (χ1v) is 8.14. The van der Waals surface area contributed by atoms with E-state index in [1.165, 1.54) is 17.2 Å². The van der Waals surface area contributed by atoms with Crippen LogP contribution in [0.25, 0.3) is 0 Å². The Kier molecular flexibility index (Phi) is 4.09. The normalized spacial score (nSPS) is 16.0. The Morgan fingerprint density at radius 3 is 2.78 bits per heavy atom. The highest BCUT2D eigenvalue weighted by Crippen LogP contribution is 2.38. The van der Waals surface area contributed by atoms with E-state index in [0.29, 0.717) is 17.7 Å². The van der Waals surface area contributed by atoms with Gasteiger partial charge in [0.2, 0.25) is 5.91 Å². The van der Waals surface area contributed by atoms with Crippen LogP contribution in [0.3, 0.4) is 0 Å². The van der Waals surface area contributed by atoms with E-state index in [1.54, 1.807) is 30.8 Å². The predicted molar refractivity (Wildman–Crippen MR) is 91.0 cm³/mol. The van der Waals surface area contributed by atoms with Crippen LogP contribution in [0.15, 0.2) is 41.3 Å². The molecule has 0 aromatic heterocycles. The summed E-state index contributed by atoms with van der Waals surface area (Å²) in [6.07, 6.45) is 0.681. The molecule has 1 atom stereocenters. The summed E-state index contributed by atoms with van der Waals surface area (Å²) in [7, 11) is 0. The SMILES string of the molecule is Cc1ccc2c(c1)S[C@@H](C(=O)Nc1ccc(C)c([N+](=O)[O-])c1)C2. The van der Waals surface area contributed by atoms with Crippen LogP contribution in [0.5, 0.6) is 0 Å². The second kappa shape index (κ2) is 6.04. The maximum Gasteiger partial charge on any atom is 0.274 e. The first kappa shape index (κ1) is 15.6. The fraction of sp³-hybridized carbons (Fsp3) is 0.235. The van der Waals surface area contributed by atoms with Crippen LogP contribution in [0.4, 0.5) is 11.4 Å². The number of carbonyl (C=O) groups is 1. The number of nitro groups is 1. The number of hydrogen-bond acceptors (Lipinski definition) is 4. The van der Waals surface area contributed by atoms with Crippen molar-refractivity contribution in [1.29, 1.82) is 0 Å². The second-order valence-corrected chi connectivity index (χ2v) is 6.91. The quantitative estimate of drug-likeness (QED) is 0.686. The zero-order valence-corrected chi connectivity index (χ0v) is 13.6. The first-order valence-electron chi connectivity index (χ1n) is 7.26. The number of nitrogens with one attached hydrogen (secondary N) is 1. The van der Waals surface area contributed by atoms with Gasteiger partial charge in [0.25, 0.3) is 5.69 Å². The molecule has 2 aromatic rings.